The lowest BCUT2D eigenvalue weighted by atomic mass is 9.80. The molecule has 4 nitrogen and oxygen atoms in total. The summed E-state index contributed by atoms with van der Waals surface area (Å²) in [6.45, 7) is 5.39. The van der Waals surface area contributed by atoms with E-state index in [0.29, 0.717) is 12.0 Å². The summed E-state index contributed by atoms with van der Waals surface area (Å²) in [7, 11) is 0. The smallest absolute Gasteiger partial charge is 0.407 e. The molecule has 128 valence electrons. The number of nitrogen functional groups attached to an aromatic ring is 1. The first-order valence-corrected chi connectivity index (χ1v) is 7.89. The molecular formula is C17H24F2N2O2. The quantitative estimate of drug-likeness (QED) is 0.804. The van der Waals surface area contributed by atoms with Crippen molar-refractivity contribution in [3.05, 3.63) is 29.3 Å². The molecule has 1 aromatic carbocycles. The molecule has 2 rings (SSSR count). The van der Waals surface area contributed by atoms with Gasteiger partial charge in [-0.05, 0) is 57.6 Å². The maximum Gasteiger partial charge on any atom is 0.407 e. The molecule has 1 amide bonds. The minimum Gasteiger partial charge on any atom is -0.444 e. The highest BCUT2D eigenvalue weighted by Gasteiger charge is 2.28. The van der Waals surface area contributed by atoms with E-state index in [2.05, 4.69) is 5.32 Å². The lowest BCUT2D eigenvalue weighted by Gasteiger charge is -2.31. The number of hydrogen-bond donors (Lipinski definition) is 2. The number of carbonyl (C=O) groups excluding carboxylic acids is 1. The van der Waals surface area contributed by atoms with Gasteiger partial charge < -0.3 is 15.8 Å². The van der Waals surface area contributed by atoms with E-state index in [9.17, 15) is 13.6 Å². The maximum atomic E-state index is 13.6. The molecule has 0 spiro atoms. The van der Waals surface area contributed by atoms with Crippen LogP contribution >= 0.6 is 0 Å². The van der Waals surface area contributed by atoms with Gasteiger partial charge >= 0.3 is 6.09 Å². The van der Waals surface area contributed by atoms with Crippen LogP contribution in [0.3, 0.4) is 0 Å². The first kappa shape index (κ1) is 17.5. The van der Waals surface area contributed by atoms with Crippen LogP contribution in [0.5, 0.6) is 0 Å². The Labute approximate surface area is 135 Å². The second kappa shape index (κ2) is 6.72. The van der Waals surface area contributed by atoms with Gasteiger partial charge in [0.1, 0.15) is 17.2 Å². The molecule has 0 aromatic heterocycles. The number of nitrogens with one attached hydrogen (secondary N) is 1. The summed E-state index contributed by atoms with van der Waals surface area (Å²) in [6, 6.07) is 1.99. The van der Waals surface area contributed by atoms with Gasteiger partial charge in [-0.15, -0.1) is 0 Å². The number of hydrogen-bond acceptors (Lipinski definition) is 3. The molecule has 3 N–H and O–H groups in total. The van der Waals surface area contributed by atoms with E-state index in [1.165, 1.54) is 6.07 Å². The number of amides is 1. The number of halogens is 2. The highest BCUT2D eigenvalue weighted by Crippen LogP contribution is 2.37. The zero-order chi connectivity index (χ0) is 17.2. The Bertz CT molecular complexity index is 585. The predicted octanol–water partition coefficient (Wildman–Crippen LogP) is 4.10. The Morgan fingerprint density at radius 3 is 2.65 bits per heavy atom. The van der Waals surface area contributed by atoms with Crippen molar-refractivity contribution < 1.29 is 18.3 Å². The SMILES string of the molecule is CC(C)(C)OC(=O)N[C@H]1CCC[C@H](c2cc(F)cc(F)c2N)C1. The number of anilines is 1. The average molecular weight is 326 g/mol. The summed E-state index contributed by atoms with van der Waals surface area (Å²) in [5.41, 5.74) is 5.68. The molecule has 0 heterocycles. The molecule has 23 heavy (non-hydrogen) atoms. The molecular weight excluding hydrogens is 302 g/mol. The minimum absolute atomic E-state index is 0.00526. The third-order valence-electron chi connectivity index (χ3n) is 3.96. The maximum absolute atomic E-state index is 13.6. The third-order valence-corrected chi connectivity index (χ3v) is 3.96. The Kier molecular flexibility index (Phi) is 5.12. The lowest BCUT2D eigenvalue weighted by Crippen LogP contribution is -2.41. The fourth-order valence-corrected chi connectivity index (χ4v) is 3.02. The largest absolute Gasteiger partial charge is 0.444 e. The van der Waals surface area contributed by atoms with Crippen LogP contribution in [-0.4, -0.2) is 17.7 Å². The van der Waals surface area contributed by atoms with Gasteiger partial charge in [-0.1, -0.05) is 6.42 Å². The molecule has 0 radical (unpaired) electrons. The average Bonchev–Trinajstić information content (AvgIpc) is 2.41. The van der Waals surface area contributed by atoms with Crippen LogP contribution in [0.4, 0.5) is 19.3 Å². The van der Waals surface area contributed by atoms with E-state index in [1.54, 1.807) is 20.8 Å². The van der Waals surface area contributed by atoms with Crippen LogP contribution < -0.4 is 11.1 Å². The van der Waals surface area contributed by atoms with E-state index >= 15 is 0 Å². The second-order valence-electron chi connectivity index (χ2n) is 7.10. The van der Waals surface area contributed by atoms with Gasteiger partial charge in [0, 0.05) is 12.1 Å². The van der Waals surface area contributed by atoms with Gasteiger partial charge in [0.05, 0.1) is 5.69 Å². The molecule has 1 aromatic rings. The van der Waals surface area contributed by atoms with Crippen molar-refractivity contribution in [1.29, 1.82) is 0 Å². The molecule has 1 saturated carbocycles. The minimum atomic E-state index is -0.734. The van der Waals surface area contributed by atoms with Crippen molar-refractivity contribution >= 4 is 11.8 Å². The van der Waals surface area contributed by atoms with Gasteiger partial charge in [0.15, 0.2) is 0 Å². The molecule has 0 bridgehead atoms. The Morgan fingerprint density at radius 2 is 2.00 bits per heavy atom. The van der Waals surface area contributed by atoms with Crippen LogP contribution in [0.2, 0.25) is 0 Å². The Hall–Kier alpha value is -1.85. The molecule has 1 fully saturated rings. The van der Waals surface area contributed by atoms with Crippen LogP contribution in [0, 0.1) is 11.6 Å². The molecule has 0 unspecified atom stereocenters. The van der Waals surface area contributed by atoms with Crippen molar-refractivity contribution in [2.75, 3.05) is 5.73 Å². The van der Waals surface area contributed by atoms with E-state index in [1.807, 2.05) is 0 Å². The van der Waals surface area contributed by atoms with Crippen LogP contribution in [0.15, 0.2) is 12.1 Å². The number of rotatable bonds is 2. The second-order valence-corrected chi connectivity index (χ2v) is 7.10. The van der Waals surface area contributed by atoms with Gasteiger partial charge in [-0.3, -0.25) is 0 Å². The van der Waals surface area contributed by atoms with E-state index < -0.39 is 23.3 Å². The van der Waals surface area contributed by atoms with E-state index in [-0.39, 0.29) is 17.6 Å². The van der Waals surface area contributed by atoms with Crippen LogP contribution in [0.25, 0.3) is 0 Å². The topological polar surface area (TPSA) is 64.3 Å². The van der Waals surface area contributed by atoms with Crippen LogP contribution in [0.1, 0.15) is 57.9 Å². The number of nitrogens with two attached hydrogens (primary N) is 1. The summed E-state index contributed by atoms with van der Waals surface area (Å²) in [5, 5.41) is 2.83. The van der Waals surface area contributed by atoms with Crippen molar-refractivity contribution in [3.8, 4) is 0 Å². The van der Waals surface area contributed by atoms with Crippen molar-refractivity contribution in [2.24, 2.45) is 0 Å². The lowest BCUT2D eigenvalue weighted by molar-refractivity contribution is 0.0490. The van der Waals surface area contributed by atoms with Gasteiger partial charge in [-0.25, -0.2) is 13.6 Å². The van der Waals surface area contributed by atoms with E-state index in [0.717, 1.165) is 25.3 Å². The predicted molar refractivity (Wildman–Crippen MR) is 85.1 cm³/mol. The number of ether oxygens (including phenoxy) is 1. The molecule has 0 saturated heterocycles. The number of alkyl carbamates (subject to hydrolysis) is 1. The summed E-state index contributed by atoms with van der Waals surface area (Å²) in [4.78, 5) is 11.9. The number of carbonyl (C=O) groups is 1. The first-order chi connectivity index (χ1) is 10.7. The number of benzene rings is 1. The summed E-state index contributed by atoms with van der Waals surface area (Å²) >= 11 is 0. The molecule has 1 aliphatic rings. The molecule has 6 heteroatoms. The zero-order valence-corrected chi connectivity index (χ0v) is 13.8. The standard InChI is InChI=1S/C17H24F2N2O2/c1-17(2,3)23-16(22)21-12-6-4-5-10(7-12)13-8-11(18)9-14(19)15(13)20/h8-10,12H,4-7,20H2,1-3H3,(H,21,22)/t10-,12-/m0/s1. The monoisotopic (exact) mass is 326 g/mol. The van der Waals surface area contributed by atoms with Crippen LogP contribution in [-0.2, 0) is 4.74 Å². The molecule has 0 aliphatic heterocycles. The van der Waals surface area contributed by atoms with Crippen molar-refractivity contribution in [3.63, 3.8) is 0 Å². The summed E-state index contributed by atoms with van der Waals surface area (Å²) in [5.74, 6) is -1.44. The fraction of sp³-hybridized carbons (Fsp3) is 0.588. The normalized spacial score (nSPS) is 21.8. The Morgan fingerprint density at radius 1 is 1.30 bits per heavy atom. The van der Waals surface area contributed by atoms with Gasteiger partial charge in [0.2, 0.25) is 0 Å². The van der Waals surface area contributed by atoms with Gasteiger partial charge in [-0.2, -0.15) is 0 Å². The third kappa shape index (κ3) is 4.81. The highest BCUT2D eigenvalue weighted by molar-refractivity contribution is 5.68. The summed E-state index contributed by atoms with van der Waals surface area (Å²) in [6.07, 6.45) is 2.57. The van der Waals surface area contributed by atoms with Crippen molar-refractivity contribution in [2.45, 2.75) is 64.0 Å². The first-order valence-electron chi connectivity index (χ1n) is 7.89. The van der Waals surface area contributed by atoms with E-state index in [4.69, 9.17) is 10.5 Å². The highest BCUT2D eigenvalue weighted by atomic mass is 19.1. The summed E-state index contributed by atoms with van der Waals surface area (Å²) < 4.78 is 32.4. The molecule has 2 atom stereocenters. The van der Waals surface area contributed by atoms with Crippen molar-refractivity contribution in [1.82, 2.24) is 5.32 Å². The zero-order valence-electron chi connectivity index (χ0n) is 13.8. The molecule has 1 aliphatic carbocycles. The Balaban J connectivity index is 2.05. The van der Waals surface area contributed by atoms with Gasteiger partial charge in [0.25, 0.3) is 0 Å². The fourth-order valence-electron chi connectivity index (χ4n) is 3.02.